The van der Waals surface area contributed by atoms with Crippen molar-refractivity contribution < 1.29 is 23.3 Å². The number of aliphatic carboxylic acids is 1. The molecule has 0 amide bonds. The van der Waals surface area contributed by atoms with Crippen LogP contribution in [-0.2, 0) is 21.2 Å². The number of pyridine rings is 1. The summed E-state index contributed by atoms with van der Waals surface area (Å²) in [7, 11) is -2.27. The van der Waals surface area contributed by atoms with Gasteiger partial charge in [-0.15, -0.1) is 11.3 Å². The third-order valence-corrected chi connectivity index (χ3v) is 5.93. The van der Waals surface area contributed by atoms with Gasteiger partial charge in [0, 0.05) is 23.3 Å². The number of hydrogen-bond donors (Lipinski definition) is 0. The molecule has 2 heterocycles. The van der Waals surface area contributed by atoms with E-state index in [1.165, 1.54) is 19.2 Å². The van der Waals surface area contributed by atoms with E-state index in [1.807, 2.05) is 0 Å². The van der Waals surface area contributed by atoms with E-state index >= 15 is 0 Å². The van der Waals surface area contributed by atoms with Gasteiger partial charge in [-0.3, -0.25) is 0 Å². The Kier molecular flexibility index (Phi) is 4.05. The minimum atomic E-state index is -3.70. The minimum Gasteiger partial charge on any atom is -0.550 e. The van der Waals surface area contributed by atoms with E-state index < -0.39 is 16.0 Å². The Labute approximate surface area is 120 Å². The van der Waals surface area contributed by atoms with Crippen LogP contribution in [0.4, 0.5) is 5.82 Å². The van der Waals surface area contributed by atoms with Gasteiger partial charge in [0.1, 0.15) is 0 Å². The number of anilines is 1. The summed E-state index contributed by atoms with van der Waals surface area (Å²) < 4.78 is 26.0. The lowest BCUT2D eigenvalue weighted by Crippen LogP contribution is -2.30. The van der Waals surface area contributed by atoms with Crippen molar-refractivity contribution in [3.05, 3.63) is 41.4 Å². The first-order chi connectivity index (χ1) is 9.41. The molecule has 0 fully saturated rings. The summed E-state index contributed by atoms with van der Waals surface area (Å²) in [6.45, 7) is 0. The maximum absolute atomic E-state index is 12.4. The van der Waals surface area contributed by atoms with Crippen molar-refractivity contribution in [2.45, 2.75) is 10.6 Å². The van der Waals surface area contributed by atoms with Crippen molar-refractivity contribution in [2.24, 2.45) is 0 Å². The normalized spacial score (nSPS) is 11.2. The highest BCUT2D eigenvalue weighted by Crippen LogP contribution is 2.26. The van der Waals surface area contributed by atoms with Crippen molar-refractivity contribution in [3.8, 4) is 0 Å². The van der Waals surface area contributed by atoms with Gasteiger partial charge in [-0.05, 0) is 18.2 Å². The average molecular weight is 312 g/mol. The van der Waals surface area contributed by atoms with Crippen LogP contribution < -0.4 is 14.4 Å². The van der Waals surface area contributed by atoms with Crippen molar-refractivity contribution in [2.75, 3.05) is 11.4 Å². The lowest BCUT2D eigenvalue weighted by atomic mass is 10.3. The molecule has 6 nitrogen and oxygen atoms in total. The molecule has 0 aromatic carbocycles. The number of rotatable bonds is 5. The van der Waals surface area contributed by atoms with Gasteiger partial charge in [-0.25, -0.2) is 4.98 Å². The van der Waals surface area contributed by atoms with Crippen LogP contribution in [0.5, 0.6) is 0 Å². The Morgan fingerprint density at radius 3 is 2.70 bits per heavy atom. The summed E-state index contributed by atoms with van der Waals surface area (Å²) in [6, 6.07) is 7.97. The fraction of sp³-hybridized carbons (Fsp3) is 0.167. The van der Waals surface area contributed by atoms with Crippen molar-refractivity contribution in [1.29, 1.82) is 0 Å². The second-order valence-electron chi connectivity index (χ2n) is 3.99. The Morgan fingerprint density at radius 1 is 1.35 bits per heavy atom. The molecule has 106 valence electrons. The zero-order valence-electron chi connectivity index (χ0n) is 10.6. The van der Waals surface area contributed by atoms with Crippen LogP contribution >= 0.6 is 11.3 Å². The van der Waals surface area contributed by atoms with Crippen molar-refractivity contribution in [3.63, 3.8) is 0 Å². The van der Waals surface area contributed by atoms with Crippen molar-refractivity contribution in [1.82, 2.24) is 0 Å². The standard InChI is InChI=1S/C12H12N2O4S2/c1-14(10-4-2-3-7-13-10)20(17,18)12-6-5-9(19-12)8-11(15)16/h2-7H,8H2,1H3,(H,15,16). The number of carbonyl (C=O) groups excluding carboxylic acids is 1. The molecule has 2 aromatic rings. The first kappa shape index (κ1) is 14.5. The van der Waals surface area contributed by atoms with Crippen LogP contribution in [0, 0.1) is 0 Å². The topological polar surface area (TPSA) is 91.7 Å². The number of aromatic nitrogens is 1. The van der Waals surface area contributed by atoms with E-state index in [0.717, 1.165) is 15.6 Å². The van der Waals surface area contributed by atoms with E-state index in [9.17, 15) is 18.3 Å². The predicted molar refractivity (Wildman–Crippen MR) is 71.6 cm³/mol. The lowest BCUT2D eigenvalue weighted by Gasteiger charge is -2.09. The van der Waals surface area contributed by atoms with Gasteiger partial charge in [0.25, 0.3) is 5.82 Å². The second-order valence-corrected chi connectivity index (χ2v) is 7.35. The molecule has 0 aliphatic carbocycles. The highest BCUT2D eigenvalue weighted by molar-refractivity contribution is 7.94. The highest BCUT2D eigenvalue weighted by Gasteiger charge is 2.29. The summed E-state index contributed by atoms with van der Waals surface area (Å²) in [5, 5.41) is 10.5. The molecule has 0 atom stereocenters. The number of H-pyrrole nitrogens is 1. The average Bonchev–Trinajstić information content (AvgIpc) is 2.87. The molecule has 0 spiro atoms. The molecule has 0 unspecified atom stereocenters. The number of sulfonamides is 1. The number of thiophene rings is 1. The second kappa shape index (κ2) is 5.59. The Balaban J connectivity index is 2.31. The Bertz CT molecular complexity index is 710. The van der Waals surface area contributed by atoms with Gasteiger partial charge in [0.15, 0.2) is 4.21 Å². The van der Waals surface area contributed by atoms with Crippen LogP contribution in [0.3, 0.4) is 0 Å². The van der Waals surface area contributed by atoms with E-state index in [2.05, 4.69) is 4.98 Å². The first-order valence-electron chi connectivity index (χ1n) is 5.65. The molecule has 0 bridgehead atoms. The van der Waals surface area contributed by atoms with Crippen LogP contribution in [0.2, 0.25) is 0 Å². The highest BCUT2D eigenvalue weighted by atomic mass is 32.2. The van der Waals surface area contributed by atoms with Gasteiger partial charge in [0.05, 0.1) is 13.2 Å². The molecule has 2 aromatic heterocycles. The molecular weight excluding hydrogens is 300 g/mol. The maximum atomic E-state index is 12.4. The number of carboxylic acids is 1. The summed E-state index contributed by atoms with van der Waals surface area (Å²) in [5.74, 6) is -0.817. The van der Waals surface area contributed by atoms with Gasteiger partial charge < -0.3 is 9.90 Å². The first-order valence-corrected chi connectivity index (χ1v) is 7.91. The number of aromatic amines is 1. The smallest absolute Gasteiger partial charge is 0.340 e. The van der Waals surface area contributed by atoms with E-state index in [-0.39, 0.29) is 10.6 Å². The zero-order chi connectivity index (χ0) is 14.8. The predicted octanol–water partition coefficient (Wildman–Crippen LogP) is -0.320. The molecule has 20 heavy (non-hydrogen) atoms. The number of nitrogens with zero attached hydrogens (tertiary/aromatic N) is 1. The number of hydrogen-bond acceptors (Lipinski definition) is 5. The van der Waals surface area contributed by atoms with Crippen molar-refractivity contribution >= 4 is 33.1 Å². The van der Waals surface area contributed by atoms with Crippen LogP contribution in [0.15, 0.2) is 40.7 Å². The van der Waals surface area contributed by atoms with Gasteiger partial charge in [-0.2, -0.15) is 12.7 Å². The van der Waals surface area contributed by atoms with E-state index in [1.54, 1.807) is 24.4 Å². The largest absolute Gasteiger partial charge is 0.550 e. The lowest BCUT2D eigenvalue weighted by molar-refractivity contribution is -0.362. The summed E-state index contributed by atoms with van der Waals surface area (Å²) in [4.78, 5) is 13.8. The van der Waals surface area contributed by atoms with Crippen LogP contribution in [-0.4, -0.2) is 21.4 Å². The molecule has 1 N–H and O–H groups in total. The quantitative estimate of drug-likeness (QED) is 0.756. The monoisotopic (exact) mass is 312 g/mol. The molecule has 0 saturated heterocycles. The minimum absolute atomic E-state index is 0.0912. The zero-order valence-corrected chi connectivity index (χ0v) is 12.2. The Morgan fingerprint density at radius 2 is 2.10 bits per heavy atom. The van der Waals surface area contributed by atoms with Crippen LogP contribution in [0.25, 0.3) is 0 Å². The molecule has 0 saturated carbocycles. The van der Waals surface area contributed by atoms with E-state index in [0.29, 0.717) is 10.7 Å². The van der Waals surface area contributed by atoms with Gasteiger partial charge >= 0.3 is 10.0 Å². The molecule has 0 radical (unpaired) electrons. The third kappa shape index (κ3) is 2.97. The van der Waals surface area contributed by atoms with Gasteiger partial charge in [0.2, 0.25) is 0 Å². The summed E-state index contributed by atoms with van der Waals surface area (Å²) in [5.41, 5.74) is 0. The molecule has 0 aliphatic heterocycles. The fourth-order valence-corrected chi connectivity index (χ4v) is 4.26. The molecule has 2 rings (SSSR count). The number of nitrogens with one attached hydrogen (secondary N) is 1. The maximum Gasteiger partial charge on any atom is 0.340 e. The van der Waals surface area contributed by atoms with E-state index in [4.69, 9.17) is 0 Å². The molecule has 8 heteroatoms. The van der Waals surface area contributed by atoms with Gasteiger partial charge in [-0.1, -0.05) is 6.07 Å². The SMILES string of the molecule is CN(c1cccc[nH+]1)S(=O)(=O)c1ccc(CC(=O)[O-])s1. The fourth-order valence-electron chi connectivity index (χ4n) is 1.58. The number of carbonyl (C=O) groups is 1. The summed E-state index contributed by atoms with van der Waals surface area (Å²) >= 11 is 0.927. The molecule has 0 aliphatic rings. The summed E-state index contributed by atoms with van der Waals surface area (Å²) in [6.07, 6.45) is 1.33. The Hall–Kier alpha value is -1.93. The van der Waals surface area contributed by atoms with Crippen LogP contribution in [0.1, 0.15) is 4.88 Å². The third-order valence-electron chi connectivity index (χ3n) is 2.60. The number of carboxylic acid groups (broad SMARTS) is 1. The molecular formula is C12H12N2O4S2.